The summed E-state index contributed by atoms with van der Waals surface area (Å²) in [7, 11) is 1.45. The van der Waals surface area contributed by atoms with Crippen molar-refractivity contribution in [1.82, 2.24) is 0 Å². The van der Waals surface area contributed by atoms with Gasteiger partial charge in [-0.25, -0.2) is 0 Å². The third kappa shape index (κ3) is 2.88. The molecule has 0 unspecified atom stereocenters. The number of halogens is 3. The molecule has 0 amide bonds. The molecule has 1 aliphatic rings. The predicted octanol–water partition coefficient (Wildman–Crippen LogP) is 3.20. The number of hydrogen-bond acceptors (Lipinski definition) is 3. The topological polar surface area (TPSA) is 38.5 Å². The number of piperidine rings is 1. The maximum Gasteiger partial charge on any atom is 0.408 e. The van der Waals surface area contributed by atoms with Crippen molar-refractivity contribution >= 4 is 11.4 Å². The summed E-state index contributed by atoms with van der Waals surface area (Å²) in [5, 5.41) is 0. The lowest BCUT2D eigenvalue weighted by Crippen LogP contribution is -2.48. The van der Waals surface area contributed by atoms with Gasteiger partial charge in [0.25, 0.3) is 0 Å². The molecular formula is C13H17F3N2O. The number of nitrogen functional groups attached to an aromatic ring is 1. The molecule has 1 aromatic carbocycles. The summed E-state index contributed by atoms with van der Waals surface area (Å²) in [5.41, 5.74) is 6.61. The molecule has 0 aliphatic carbocycles. The second-order valence-corrected chi connectivity index (χ2v) is 4.67. The van der Waals surface area contributed by atoms with Crippen molar-refractivity contribution < 1.29 is 17.9 Å². The summed E-state index contributed by atoms with van der Waals surface area (Å²) in [6.07, 6.45) is -2.71. The number of alkyl halides is 3. The monoisotopic (exact) mass is 274 g/mol. The van der Waals surface area contributed by atoms with Crippen LogP contribution in [0.1, 0.15) is 19.3 Å². The van der Waals surface area contributed by atoms with Gasteiger partial charge in [0.1, 0.15) is 11.8 Å². The summed E-state index contributed by atoms with van der Waals surface area (Å²) >= 11 is 0. The Hall–Kier alpha value is -1.59. The molecule has 6 heteroatoms. The highest BCUT2D eigenvalue weighted by atomic mass is 19.4. The highest BCUT2D eigenvalue weighted by molar-refractivity contribution is 5.63. The highest BCUT2D eigenvalue weighted by Gasteiger charge is 2.44. The van der Waals surface area contributed by atoms with Gasteiger partial charge in [0, 0.05) is 18.3 Å². The minimum atomic E-state index is -4.21. The van der Waals surface area contributed by atoms with Crippen LogP contribution in [0, 0.1) is 0 Å². The molecule has 0 saturated carbocycles. The van der Waals surface area contributed by atoms with Crippen molar-refractivity contribution in [2.45, 2.75) is 31.5 Å². The molecule has 1 atom stereocenters. The van der Waals surface area contributed by atoms with Crippen LogP contribution in [0.2, 0.25) is 0 Å². The van der Waals surface area contributed by atoms with Crippen LogP contribution < -0.4 is 15.4 Å². The van der Waals surface area contributed by atoms with Crippen LogP contribution in [-0.2, 0) is 0 Å². The largest absolute Gasteiger partial charge is 0.495 e. The number of nitrogens with zero attached hydrogens (tertiary/aromatic N) is 1. The third-order valence-electron chi connectivity index (χ3n) is 3.43. The number of ether oxygens (including phenoxy) is 1. The summed E-state index contributed by atoms with van der Waals surface area (Å²) < 4.78 is 44.2. The van der Waals surface area contributed by atoms with E-state index in [-0.39, 0.29) is 6.42 Å². The maximum absolute atomic E-state index is 13.0. The SMILES string of the molecule is COc1cc(N2CCCC[C@@H]2C(F)(F)F)ccc1N. The molecule has 3 nitrogen and oxygen atoms in total. The Balaban J connectivity index is 2.32. The summed E-state index contributed by atoms with van der Waals surface area (Å²) in [6.45, 7) is 0.400. The van der Waals surface area contributed by atoms with Gasteiger partial charge in [0.05, 0.1) is 12.8 Å². The third-order valence-corrected chi connectivity index (χ3v) is 3.43. The number of rotatable bonds is 2. The van der Waals surface area contributed by atoms with Gasteiger partial charge < -0.3 is 15.4 Å². The molecule has 106 valence electrons. The van der Waals surface area contributed by atoms with E-state index in [0.29, 0.717) is 30.1 Å². The first-order chi connectivity index (χ1) is 8.93. The molecular weight excluding hydrogens is 257 g/mol. The number of hydrogen-bond donors (Lipinski definition) is 1. The van der Waals surface area contributed by atoms with Crippen LogP contribution in [0.5, 0.6) is 5.75 Å². The van der Waals surface area contributed by atoms with Gasteiger partial charge >= 0.3 is 6.18 Å². The molecule has 0 bridgehead atoms. The van der Waals surface area contributed by atoms with E-state index < -0.39 is 12.2 Å². The van der Waals surface area contributed by atoms with Crippen LogP contribution in [0.25, 0.3) is 0 Å². The lowest BCUT2D eigenvalue weighted by atomic mass is 10.0. The van der Waals surface area contributed by atoms with E-state index in [9.17, 15) is 13.2 Å². The van der Waals surface area contributed by atoms with Gasteiger partial charge in [-0.2, -0.15) is 13.2 Å². The smallest absolute Gasteiger partial charge is 0.408 e. The van der Waals surface area contributed by atoms with Crippen LogP contribution >= 0.6 is 0 Å². The Labute approximate surface area is 110 Å². The minimum Gasteiger partial charge on any atom is -0.495 e. The minimum absolute atomic E-state index is 0.135. The average Bonchev–Trinajstić information content (AvgIpc) is 2.38. The molecule has 1 aliphatic heterocycles. The Morgan fingerprint density at radius 3 is 2.68 bits per heavy atom. The fourth-order valence-corrected chi connectivity index (χ4v) is 2.46. The molecule has 0 aromatic heterocycles. The van der Waals surface area contributed by atoms with Crippen molar-refractivity contribution in [1.29, 1.82) is 0 Å². The number of anilines is 2. The first kappa shape index (κ1) is 13.8. The van der Waals surface area contributed by atoms with Gasteiger partial charge in [-0.3, -0.25) is 0 Å². The second kappa shape index (κ2) is 5.19. The van der Waals surface area contributed by atoms with Gasteiger partial charge in [-0.05, 0) is 31.4 Å². The summed E-state index contributed by atoms with van der Waals surface area (Å²) in [6, 6.07) is 3.34. The van der Waals surface area contributed by atoms with Crippen molar-refractivity contribution in [3.63, 3.8) is 0 Å². The van der Waals surface area contributed by atoms with Crippen LogP contribution in [0.4, 0.5) is 24.5 Å². The number of methoxy groups -OCH3 is 1. The van der Waals surface area contributed by atoms with Crippen molar-refractivity contribution in [3.05, 3.63) is 18.2 Å². The first-order valence-electron chi connectivity index (χ1n) is 6.20. The van der Waals surface area contributed by atoms with Gasteiger partial charge in [0.2, 0.25) is 0 Å². The fourth-order valence-electron chi connectivity index (χ4n) is 2.46. The van der Waals surface area contributed by atoms with Crippen LogP contribution in [0.15, 0.2) is 18.2 Å². The van der Waals surface area contributed by atoms with E-state index in [1.807, 2.05) is 0 Å². The zero-order chi connectivity index (χ0) is 14.0. The Bertz CT molecular complexity index is 448. The van der Waals surface area contributed by atoms with Crippen LogP contribution in [0.3, 0.4) is 0 Å². The van der Waals surface area contributed by atoms with Crippen molar-refractivity contribution in [2.75, 3.05) is 24.3 Å². The quantitative estimate of drug-likeness (QED) is 0.842. The lowest BCUT2D eigenvalue weighted by molar-refractivity contribution is -0.152. The van der Waals surface area contributed by atoms with Crippen molar-refractivity contribution in [2.24, 2.45) is 0 Å². The zero-order valence-corrected chi connectivity index (χ0v) is 10.7. The van der Waals surface area contributed by atoms with Crippen molar-refractivity contribution in [3.8, 4) is 5.75 Å². The Kier molecular flexibility index (Phi) is 3.78. The molecule has 1 saturated heterocycles. The molecule has 0 spiro atoms. The zero-order valence-electron chi connectivity index (χ0n) is 10.7. The molecule has 2 N–H and O–H groups in total. The van der Waals surface area contributed by atoms with E-state index in [1.165, 1.54) is 12.0 Å². The standard InChI is InChI=1S/C13H17F3N2O/c1-19-11-8-9(5-6-10(11)17)18-7-3-2-4-12(18)13(14,15)16/h5-6,8,12H,2-4,7,17H2,1H3/t12-/m1/s1. The predicted molar refractivity (Wildman–Crippen MR) is 68.4 cm³/mol. The summed E-state index contributed by atoms with van der Waals surface area (Å²) in [5.74, 6) is 0.406. The van der Waals surface area contributed by atoms with E-state index in [4.69, 9.17) is 10.5 Å². The molecule has 19 heavy (non-hydrogen) atoms. The van der Waals surface area contributed by atoms with E-state index in [0.717, 1.165) is 6.42 Å². The molecule has 1 aromatic rings. The molecule has 1 heterocycles. The van der Waals surface area contributed by atoms with Gasteiger partial charge in [0.15, 0.2) is 0 Å². The van der Waals surface area contributed by atoms with Gasteiger partial charge in [-0.15, -0.1) is 0 Å². The Morgan fingerprint density at radius 1 is 1.32 bits per heavy atom. The molecule has 0 radical (unpaired) electrons. The van der Waals surface area contributed by atoms with E-state index >= 15 is 0 Å². The summed E-state index contributed by atoms with van der Waals surface area (Å²) in [4.78, 5) is 1.39. The van der Waals surface area contributed by atoms with E-state index in [2.05, 4.69) is 0 Å². The normalized spacial score (nSPS) is 20.4. The van der Waals surface area contributed by atoms with Crippen LogP contribution in [-0.4, -0.2) is 25.9 Å². The maximum atomic E-state index is 13.0. The first-order valence-corrected chi connectivity index (χ1v) is 6.20. The van der Waals surface area contributed by atoms with E-state index in [1.54, 1.807) is 18.2 Å². The fraction of sp³-hybridized carbons (Fsp3) is 0.538. The molecule has 2 rings (SSSR count). The molecule has 1 fully saturated rings. The Morgan fingerprint density at radius 2 is 2.05 bits per heavy atom. The number of benzene rings is 1. The number of nitrogens with two attached hydrogens (primary N) is 1. The highest BCUT2D eigenvalue weighted by Crippen LogP contribution is 2.37. The van der Waals surface area contributed by atoms with Gasteiger partial charge in [-0.1, -0.05) is 0 Å². The average molecular weight is 274 g/mol. The lowest BCUT2D eigenvalue weighted by Gasteiger charge is -2.38. The second-order valence-electron chi connectivity index (χ2n) is 4.67.